The first-order valence-corrected chi connectivity index (χ1v) is 4.29. The maximum Gasteiger partial charge on any atom is 0.315 e. The van der Waals surface area contributed by atoms with E-state index in [4.69, 9.17) is 10.5 Å². The van der Waals surface area contributed by atoms with Gasteiger partial charge in [-0.25, -0.2) is 4.98 Å². The Morgan fingerprint density at radius 3 is 2.57 bits per heavy atom. The van der Waals surface area contributed by atoms with Gasteiger partial charge in [0.25, 0.3) is 0 Å². The second kappa shape index (κ2) is 3.65. The maximum absolute atomic E-state index is 11.4. The van der Waals surface area contributed by atoms with Crippen LogP contribution in [0.4, 0.5) is 5.82 Å². The first-order valence-electron chi connectivity index (χ1n) is 4.29. The molecule has 0 aliphatic heterocycles. The first-order chi connectivity index (χ1) is 6.48. The van der Waals surface area contributed by atoms with Crippen molar-refractivity contribution in [3.8, 4) is 0 Å². The summed E-state index contributed by atoms with van der Waals surface area (Å²) in [6.45, 7) is 3.57. The van der Waals surface area contributed by atoms with Crippen molar-refractivity contribution in [1.29, 1.82) is 0 Å². The normalized spacial score (nSPS) is 11.1. The molecule has 0 unspecified atom stereocenters. The van der Waals surface area contributed by atoms with Crippen LogP contribution in [0.2, 0.25) is 0 Å². The third kappa shape index (κ3) is 1.84. The summed E-state index contributed by atoms with van der Waals surface area (Å²) in [4.78, 5) is 15.4. The summed E-state index contributed by atoms with van der Waals surface area (Å²) in [7, 11) is 1.37. The van der Waals surface area contributed by atoms with E-state index in [1.807, 2.05) is 0 Å². The third-order valence-corrected chi connectivity index (χ3v) is 2.20. The highest BCUT2D eigenvalue weighted by Crippen LogP contribution is 2.24. The molecule has 0 fully saturated rings. The quantitative estimate of drug-likeness (QED) is 0.716. The molecule has 14 heavy (non-hydrogen) atoms. The molecule has 76 valence electrons. The number of methoxy groups -OCH3 is 1. The predicted octanol–water partition coefficient (Wildman–Crippen LogP) is 1.11. The molecule has 0 saturated carbocycles. The molecular weight excluding hydrogens is 180 g/mol. The Morgan fingerprint density at radius 2 is 2.14 bits per heavy atom. The molecule has 0 aliphatic rings. The van der Waals surface area contributed by atoms with Crippen LogP contribution in [0.5, 0.6) is 0 Å². The van der Waals surface area contributed by atoms with E-state index in [2.05, 4.69) is 4.98 Å². The Kier molecular flexibility index (Phi) is 2.74. The maximum atomic E-state index is 11.4. The monoisotopic (exact) mass is 194 g/mol. The summed E-state index contributed by atoms with van der Waals surface area (Å²) >= 11 is 0. The van der Waals surface area contributed by atoms with Crippen molar-refractivity contribution >= 4 is 11.8 Å². The number of rotatable bonds is 2. The van der Waals surface area contributed by atoms with Gasteiger partial charge in [0.2, 0.25) is 0 Å². The number of nitrogen functional groups attached to an aromatic ring is 1. The van der Waals surface area contributed by atoms with Crippen molar-refractivity contribution in [3.05, 3.63) is 23.9 Å². The number of aromatic nitrogens is 1. The SMILES string of the molecule is COC(=O)C(C)(C)c1ccc(N)nc1. The molecule has 0 amide bonds. The van der Waals surface area contributed by atoms with E-state index in [1.54, 1.807) is 32.2 Å². The van der Waals surface area contributed by atoms with E-state index in [-0.39, 0.29) is 5.97 Å². The highest BCUT2D eigenvalue weighted by atomic mass is 16.5. The van der Waals surface area contributed by atoms with Crippen molar-refractivity contribution in [2.24, 2.45) is 0 Å². The first kappa shape index (κ1) is 10.5. The number of hydrogen-bond donors (Lipinski definition) is 1. The summed E-state index contributed by atoms with van der Waals surface area (Å²) < 4.78 is 4.70. The highest BCUT2D eigenvalue weighted by molar-refractivity contribution is 5.81. The number of hydrogen-bond acceptors (Lipinski definition) is 4. The average Bonchev–Trinajstić information content (AvgIpc) is 2.17. The van der Waals surface area contributed by atoms with Crippen LogP contribution >= 0.6 is 0 Å². The van der Waals surface area contributed by atoms with Gasteiger partial charge in [0.1, 0.15) is 5.82 Å². The van der Waals surface area contributed by atoms with E-state index in [0.717, 1.165) is 5.56 Å². The van der Waals surface area contributed by atoms with E-state index in [1.165, 1.54) is 7.11 Å². The fraction of sp³-hybridized carbons (Fsp3) is 0.400. The van der Waals surface area contributed by atoms with Crippen LogP contribution in [0.15, 0.2) is 18.3 Å². The number of pyridine rings is 1. The number of nitrogens with zero attached hydrogens (tertiary/aromatic N) is 1. The van der Waals surface area contributed by atoms with Crippen LogP contribution in [0.1, 0.15) is 19.4 Å². The summed E-state index contributed by atoms with van der Waals surface area (Å²) in [5.74, 6) is 0.151. The van der Waals surface area contributed by atoms with Crippen LogP contribution in [0, 0.1) is 0 Å². The second-order valence-electron chi connectivity index (χ2n) is 3.59. The fourth-order valence-electron chi connectivity index (χ4n) is 1.15. The smallest absolute Gasteiger partial charge is 0.315 e. The van der Waals surface area contributed by atoms with Gasteiger partial charge in [0.15, 0.2) is 0 Å². The highest BCUT2D eigenvalue weighted by Gasteiger charge is 2.30. The van der Waals surface area contributed by atoms with Gasteiger partial charge >= 0.3 is 5.97 Å². The Balaban J connectivity index is 3.03. The molecule has 1 aromatic heterocycles. The summed E-state index contributed by atoms with van der Waals surface area (Å²) in [6, 6.07) is 3.44. The van der Waals surface area contributed by atoms with Crippen molar-refractivity contribution in [2.45, 2.75) is 19.3 Å². The number of esters is 1. The molecule has 4 nitrogen and oxygen atoms in total. The van der Waals surface area contributed by atoms with E-state index < -0.39 is 5.41 Å². The zero-order chi connectivity index (χ0) is 10.8. The van der Waals surface area contributed by atoms with Gasteiger partial charge in [-0.05, 0) is 25.5 Å². The predicted molar refractivity (Wildman–Crippen MR) is 53.7 cm³/mol. The number of nitrogens with two attached hydrogens (primary N) is 1. The molecule has 1 heterocycles. The number of ether oxygens (including phenoxy) is 1. The van der Waals surface area contributed by atoms with Crippen LogP contribution in [0.25, 0.3) is 0 Å². The lowest BCUT2D eigenvalue weighted by Gasteiger charge is -2.21. The molecule has 1 rings (SSSR count). The second-order valence-corrected chi connectivity index (χ2v) is 3.59. The molecule has 0 aliphatic carbocycles. The van der Waals surface area contributed by atoms with Gasteiger partial charge in [-0.2, -0.15) is 0 Å². The number of carbonyl (C=O) groups excluding carboxylic acids is 1. The lowest BCUT2D eigenvalue weighted by Crippen LogP contribution is -2.30. The topological polar surface area (TPSA) is 65.2 Å². The largest absolute Gasteiger partial charge is 0.468 e. The molecule has 0 saturated heterocycles. The van der Waals surface area contributed by atoms with Gasteiger partial charge in [-0.3, -0.25) is 4.79 Å². The lowest BCUT2D eigenvalue weighted by molar-refractivity contribution is -0.146. The van der Waals surface area contributed by atoms with Crippen LogP contribution < -0.4 is 5.73 Å². The van der Waals surface area contributed by atoms with Gasteiger partial charge in [-0.1, -0.05) is 6.07 Å². The number of anilines is 1. The Bertz CT molecular complexity index is 330. The standard InChI is InChI=1S/C10H14N2O2/c1-10(2,9(13)14-3)7-4-5-8(11)12-6-7/h4-6H,1-3H3,(H2,11,12). The summed E-state index contributed by atoms with van der Waals surface area (Å²) in [5.41, 5.74) is 5.56. The molecule has 1 aromatic rings. The van der Waals surface area contributed by atoms with Gasteiger partial charge in [0.05, 0.1) is 12.5 Å². The molecule has 4 heteroatoms. The lowest BCUT2D eigenvalue weighted by atomic mass is 9.86. The molecule has 0 aromatic carbocycles. The van der Waals surface area contributed by atoms with Crippen LogP contribution in [-0.2, 0) is 14.9 Å². The third-order valence-electron chi connectivity index (χ3n) is 2.20. The zero-order valence-corrected chi connectivity index (χ0v) is 8.57. The van der Waals surface area contributed by atoms with Crippen LogP contribution in [-0.4, -0.2) is 18.1 Å². The van der Waals surface area contributed by atoms with Crippen molar-refractivity contribution in [2.75, 3.05) is 12.8 Å². The van der Waals surface area contributed by atoms with Gasteiger partial charge in [-0.15, -0.1) is 0 Å². The minimum atomic E-state index is -0.685. The van der Waals surface area contributed by atoms with E-state index in [0.29, 0.717) is 5.82 Å². The zero-order valence-electron chi connectivity index (χ0n) is 8.57. The Hall–Kier alpha value is -1.58. The van der Waals surface area contributed by atoms with Gasteiger partial charge in [0, 0.05) is 6.20 Å². The minimum Gasteiger partial charge on any atom is -0.468 e. The Morgan fingerprint density at radius 1 is 1.50 bits per heavy atom. The van der Waals surface area contributed by atoms with Crippen LogP contribution in [0.3, 0.4) is 0 Å². The van der Waals surface area contributed by atoms with Crippen molar-refractivity contribution in [1.82, 2.24) is 4.98 Å². The molecule has 2 N–H and O–H groups in total. The Labute approximate surface area is 83.1 Å². The average molecular weight is 194 g/mol. The van der Waals surface area contributed by atoms with E-state index >= 15 is 0 Å². The molecule has 0 atom stereocenters. The summed E-state index contributed by atoms with van der Waals surface area (Å²) in [5, 5.41) is 0. The summed E-state index contributed by atoms with van der Waals surface area (Å²) in [6.07, 6.45) is 1.59. The molecule has 0 radical (unpaired) electrons. The van der Waals surface area contributed by atoms with Crippen molar-refractivity contribution < 1.29 is 9.53 Å². The number of carbonyl (C=O) groups is 1. The fourth-order valence-corrected chi connectivity index (χ4v) is 1.15. The molecule has 0 bridgehead atoms. The van der Waals surface area contributed by atoms with Crippen molar-refractivity contribution in [3.63, 3.8) is 0 Å². The minimum absolute atomic E-state index is 0.288. The van der Waals surface area contributed by atoms with Gasteiger partial charge < -0.3 is 10.5 Å². The molecular formula is C10H14N2O2. The van der Waals surface area contributed by atoms with E-state index in [9.17, 15) is 4.79 Å². The molecule has 0 spiro atoms.